The second kappa shape index (κ2) is 8.67. The average molecular weight is 429 g/mol. The Hall–Kier alpha value is -3.18. The first-order valence-corrected chi connectivity index (χ1v) is 10.8. The lowest BCUT2D eigenvalue weighted by molar-refractivity contribution is -0.152. The van der Waals surface area contributed by atoms with E-state index in [-0.39, 0.29) is 36.4 Å². The molecule has 0 saturated carbocycles. The molecule has 4 heterocycles. The summed E-state index contributed by atoms with van der Waals surface area (Å²) in [5.74, 6) is -0.248. The average Bonchev–Trinajstić information content (AvgIpc) is 3.28. The van der Waals surface area contributed by atoms with Gasteiger partial charge < -0.3 is 9.26 Å². The molecule has 1 saturated heterocycles. The van der Waals surface area contributed by atoms with Crippen molar-refractivity contribution in [1.29, 1.82) is 0 Å². The molecule has 156 valence electrons. The first-order chi connectivity index (χ1) is 14.5. The largest absolute Gasteiger partial charge is 0.455 e. The van der Waals surface area contributed by atoms with Gasteiger partial charge in [0.2, 0.25) is 15.8 Å². The van der Waals surface area contributed by atoms with E-state index in [0.29, 0.717) is 24.2 Å². The van der Waals surface area contributed by atoms with Crippen LogP contribution in [0.1, 0.15) is 18.7 Å². The minimum atomic E-state index is -3.61. The Balaban J connectivity index is 1.29. The summed E-state index contributed by atoms with van der Waals surface area (Å²) in [6.45, 7) is 0.339. The summed E-state index contributed by atoms with van der Waals surface area (Å²) >= 11 is 0. The van der Waals surface area contributed by atoms with E-state index in [1.165, 1.54) is 22.8 Å². The molecule has 1 fully saturated rings. The lowest BCUT2D eigenvalue weighted by Gasteiger charge is -2.29. The minimum Gasteiger partial charge on any atom is -0.455 e. The molecule has 1 aliphatic rings. The number of pyridine rings is 2. The number of sulfonamides is 1. The van der Waals surface area contributed by atoms with E-state index in [9.17, 15) is 13.2 Å². The first-order valence-electron chi connectivity index (χ1n) is 9.34. The molecule has 0 N–H and O–H groups in total. The van der Waals surface area contributed by atoms with Gasteiger partial charge in [0.25, 0.3) is 5.89 Å². The molecule has 0 bridgehead atoms. The summed E-state index contributed by atoms with van der Waals surface area (Å²) in [7, 11) is -3.61. The molecule has 11 heteroatoms. The van der Waals surface area contributed by atoms with Crippen LogP contribution in [0.4, 0.5) is 0 Å². The minimum absolute atomic E-state index is 0.139. The second-order valence-corrected chi connectivity index (χ2v) is 8.67. The molecule has 0 aromatic carbocycles. The number of hydrogen-bond donors (Lipinski definition) is 0. The van der Waals surface area contributed by atoms with Crippen LogP contribution in [0, 0.1) is 5.92 Å². The normalized spacial score (nSPS) is 15.7. The second-order valence-electron chi connectivity index (χ2n) is 6.73. The van der Waals surface area contributed by atoms with Crippen LogP contribution >= 0.6 is 0 Å². The third-order valence-corrected chi connectivity index (χ3v) is 6.67. The van der Waals surface area contributed by atoms with Crippen molar-refractivity contribution in [3.05, 3.63) is 54.9 Å². The molecule has 4 rings (SSSR count). The lowest BCUT2D eigenvalue weighted by Crippen LogP contribution is -2.40. The fraction of sp³-hybridized carbons (Fsp3) is 0.316. The van der Waals surface area contributed by atoms with Crippen molar-refractivity contribution in [2.75, 3.05) is 13.1 Å². The zero-order valence-corrected chi connectivity index (χ0v) is 16.7. The van der Waals surface area contributed by atoms with Crippen LogP contribution in [0.2, 0.25) is 0 Å². The third-order valence-electron chi connectivity index (χ3n) is 4.79. The van der Waals surface area contributed by atoms with Crippen LogP contribution < -0.4 is 0 Å². The van der Waals surface area contributed by atoms with Gasteiger partial charge in [-0.25, -0.2) is 8.42 Å². The Labute approximate surface area is 173 Å². The Morgan fingerprint density at radius 1 is 1.13 bits per heavy atom. The number of esters is 1. The molecule has 0 amide bonds. The highest BCUT2D eigenvalue weighted by Crippen LogP contribution is 2.24. The summed E-state index contributed by atoms with van der Waals surface area (Å²) in [4.78, 5) is 24.6. The predicted octanol–water partition coefficient (Wildman–Crippen LogP) is 1.67. The fourth-order valence-corrected chi connectivity index (χ4v) is 4.59. The molecule has 10 nitrogen and oxygen atoms in total. The smallest absolute Gasteiger partial charge is 0.309 e. The Morgan fingerprint density at radius 3 is 2.53 bits per heavy atom. The number of ether oxygens (including phenoxy) is 1. The molecular weight excluding hydrogens is 410 g/mol. The van der Waals surface area contributed by atoms with E-state index in [2.05, 4.69) is 20.1 Å². The van der Waals surface area contributed by atoms with Crippen molar-refractivity contribution < 1.29 is 22.5 Å². The van der Waals surface area contributed by atoms with Crippen molar-refractivity contribution in [2.45, 2.75) is 24.3 Å². The van der Waals surface area contributed by atoms with Crippen LogP contribution in [0.25, 0.3) is 11.4 Å². The van der Waals surface area contributed by atoms with E-state index < -0.39 is 16.0 Å². The molecule has 1 aliphatic heterocycles. The maximum absolute atomic E-state index is 12.6. The summed E-state index contributed by atoms with van der Waals surface area (Å²) in [6, 6.07) is 6.63. The zero-order valence-electron chi connectivity index (χ0n) is 15.9. The van der Waals surface area contributed by atoms with Crippen LogP contribution in [0.5, 0.6) is 0 Å². The maximum Gasteiger partial charge on any atom is 0.309 e. The van der Waals surface area contributed by atoms with E-state index in [4.69, 9.17) is 9.26 Å². The van der Waals surface area contributed by atoms with Crippen molar-refractivity contribution in [2.24, 2.45) is 5.92 Å². The van der Waals surface area contributed by atoms with Gasteiger partial charge in [0.1, 0.15) is 4.90 Å². The number of nitrogens with zero attached hydrogens (tertiary/aromatic N) is 5. The highest BCUT2D eigenvalue weighted by Gasteiger charge is 2.33. The zero-order chi connectivity index (χ0) is 21.0. The number of hydrogen-bond acceptors (Lipinski definition) is 9. The Morgan fingerprint density at radius 2 is 1.87 bits per heavy atom. The van der Waals surface area contributed by atoms with Crippen molar-refractivity contribution in [1.82, 2.24) is 24.4 Å². The van der Waals surface area contributed by atoms with Crippen molar-refractivity contribution >= 4 is 16.0 Å². The van der Waals surface area contributed by atoms with Gasteiger partial charge in [-0.2, -0.15) is 9.29 Å². The van der Waals surface area contributed by atoms with E-state index in [1.54, 1.807) is 30.6 Å². The third kappa shape index (κ3) is 4.36. The number of piperidine rings is 1. The molecular formula is C19H19N5O5S. The molecule has 3 aromatic rings. The quantitative estimate of drug-likeness (QED) is 0.537. The fourth-order valence-electron chi connectivity index (χ4n) is 3.16. The van der Waals surface area contributed by atoms with Crippen molar-refractivity contribution in [3.63, 3.8) is 0 Å². The molecule has 30 heavy (non-hydrogen) atoms. The standard InChI is InChI=1S/C19H19N5O5S/c25-19(28-13-17-22-18(23-29-17)15-3-1-7-20-11-15)14-5-9-24(10-6-14)30(26,27)16-4-2-8-21-12-16/h1-4,7-8,11-12,14H,5-6,9-10,13H2. The van der Waals surface area contributed by atoms with Gasteiger partial charge in [-0.3, -0.25) is 14.8 Å². The summed E-state index contributed by atoms with van der Waals surface area (Å²) in [6.07, 6.45) is 6.84. The van der Waals surface area contributed by atoms with Gasteiger partial charge in [-0.1, -0.05) is 5.16 Å². The molecule has 3 aromatic heterocycles. The van der Waals surface area contributed by atoms with Crippen LogP contribution in [0.15, 0.2) is 58.5 Å². The summed E-state index contributed by atoms with van der Waals surface area (Å²) < 4.78 is 37.0. The van der Waals surface area contributed by atoms with E-state index >= 15 is 0 Å². The molecule has 0 spiro atoms. The first kappa shape index (κ1) is 20.1. The maximum atomic E-state index is 12.6. The van der Waals surface area contributed by atoms with Gasteiger partial charge in [0, 0.05) is 43.4 Å². The van der Waals surface area contributed by atoms with Gasteiger partial charge in [0.15, 0.2) is 6.61 Å². The summed E-state index contributed by atoms with van der Waals surface area (Å²) in [5, 5.41) is 3.85. The molecule has 0 atom stereocenters. The highest BCUT2D eigenvalue weighted by molar-refractivity contribution is 7.89. The van der Waals surface area contributed by atoms with Crippen LogP contribution in [0.3, 0.4) is 0 Å². The number of carbonyl (C=O) groups is 1. The SMILES string of the molecule is O=C(OCc1nc(-c2cccnc2)no1)C1CCN(S(=O)(=O)c2cccnc2)CC1. The van der Waals surface area contributed by atoms with E-state index in [1.807, 2.05) is 0 Å². The van der Waals surface area contributed by atoms with Gasteiger partial charge >= 0.3 is 5.97 Å². The van der Waals surface area contributed by atoms with Crippen molar-refractivity contribution in [3.8, 4) is 11.4 Å². The topological polar surface area (TPSA) is 128 Å². The number of rotatable bonds is 6. The lowest BCUT2D eigenvalue weighted by atomic mass is 9.98. The molecule has 0 aliphatic carbocycles. The Bertz CT molecular complexity index is 1100. The highest BCUT2D eigenvalue weighted by atomic mass is 32.2. The monoisotopic (exact) mass is 429 g/mol. The number of aromatic nitrogens is 4. The van der Waals surface area contributed by atoms with E-state index in [0.717, 1.165) is 0 Å². The Kier molecular flexibility index (Phi) is 5.81. The van der Waals surface area contributed by atoms with Gasteiger partial charge in [-0.05, 0) is 37.1 Å². The summed E-state index contributed by atoms with van der Waals surface area (Å²) in [5.41, 5.74) is 0.695. The van der Waals surface area contributed by atoms with Gasteiger partial charge in [-0.15, -0.1) is 0 Å². The molecule has 0 radical (unpaired) electrons. The van der Waals surface area contributed by atoms with Crippen LogP contribution in [-0.4, -0.2) is 51.9 Å². The number of carbonyl (C=O) groups excluding carboxylic acids is 1. The predicted molar refractivity (Wildman–Crippen MR) is 103 cm³/mol. The van der Waals surface area contributed by atoms with Gasteiger partial charge in [0.05, 0.1) is 5.92 Å². The van der Waals surface area contributed by atoms with Crippen LogP contribution in [-0.2, 0) is 26.2 Å². The molecule has 0 unspecified atom stereocenters.